The topological polar surface area (TPSA) is 40.5 Å². The molecular formula is C13H14O2S2. The number of benzene rings is 2. The summed E-state index contributed by atoms with van der Waals surface area (Å²) in [6.07, 6.45) is 2.01. The van der Waals surface area contributed by atoms with E-state index in [-0.39, 0.29) is 5.75 Å². The van der Waals surface area contributed by atoms with Crippen molar-refractivity contribution in [2.45, 2.75) is 9.79 Å². The first kappa shape index (κ1) is 13.8. The van der Waals surface area contributed by atoms with Crippen molar-refractivity contribution in [3.63, 3.8) is 0 Å². The Balaban J connectivity index is 0.000000171. The number of hydrogen-bond donors (Lipinski definition) is 3. The van der Waals surface area contributed by atoms with Gasteiger partial charge in [-0.15, -0.1) is 24.4 Å². The molecule has 0 fully saturated rings. The van der Waals surface area contributed by atoms with Crippen LogP contribution in [0.1, 0.15) is 0 Å². The van der Waals surface area contributed by atoms with E-state index in [1.807, 2.05) is 18.4 Å². The number of phenolic OH excluding ortho intramolecular Hbond substituents is 2. The molecule has 0 saturated carbocycles. The van der Waals surface area contributed by atoms with E-state index in [0.717, 1.165) is 4.90 Å². The first-order valence-corrected chi connectivity index (χ1v) is 6.60. The van der Waals surface area contributed by atoms with Gasteiger partial charge >= 0.3 is 0 Å². The zero-order valence-electron chi connectivity index (χ0n) is 9.37. The van der Waals surface area contributed by atoms with Crippen LogP contribution in [0.15, 0.2) is 58.3 Å². The predicted molar refractivity (Wildman–Crippen MR) is 75.2 cm³/mol. The summed E-state index contributed by atoms with van der Waals surface area (Å²) in [5.41, 5.74) is 0. The number of phenols is 2. The number of aromatic hydroxyl groups is 2. The van der Waals surface area contributed by atoms with E-state index in [2.05, 4.69) is 12.6 Å². The molecule has 17 heavy (non-hydrogen) atoms. The van der Waals surface area contributed by atoms with Crippen molar-refractivity contribution in [2.24, 2.45) is 0 Å². The molecule has 0 amide bonds. The molecule has 2 aromatic rings. The molecule has 0 aliphatic heterocycles. The monoisotopic (exact) mass is 266 g/mol. The maximum atomic E-state index is 8.84. The van der Waals surface area contributed by atoms with E-state index in [9.17, 15) is 0 Å². The number of hydrogen-bond acceptors (Lipinski definition) is 4. The Bertz CT molecular complexity index is 417. The molecule has 0 spiro atoms. The van der Waals surface area contributed by atoms with Crippen LogP contribution in [-0.2, 0) is 0 Å². The Morgan fingerprint density at radius 1 is 0.824 bits per heavy atom. The quantitative estimate of drug-likeness (QED) is 0.543. The maximum Gasteiger partial charge on any atom is 0.115 e. The third kappa shape index (κ3) is 5.56. The SMILES string of the molecule is CSc1ccc(O)cc1.Oc1ccc(S)cc1. The summed E-state index contributed by atoms with van der Waals surface area (Å²) in [5.74, 6) is 0.607. The molecule has 2 rings (SSSR count). The van der Waals surface area contributed by atoms with Crippen molar-refractivity contribution in [3.8, 4) is 11.5 Å². The van der Waals surface area contributed by atoms with Gasteiger partial charge in [0.15, 0.2) is 0 Å². The summed E-state index contributed by atoms with van der Waals surface area (Å²) in [6, 6.07) is 13.8. The Kier molecular flexibility index (Phi) is 5.80. The first-order valence-electron chi connectivity index (χ1n) is 4.93. The van der Waals surface area contributed by atoms with E-state index < -0.39 is 0 Å². The Hall–Kier alpha value is -1.26. The van der Waals surface area contributed by atoms with Gasteiger partial charge in [0.1, 0.15) is 11.5 Å². The summed E-state index contributed by atoms with van der Waals surface area (Å²) in [4.78, 5) is 2.04. The van der Waals surface area contributed by atoms with Crippen LogP contribution in [0.3, 0.4) is 0 Å². The fourth-order valence-electron chi connectivity index (χ4n) is 1.03. The van der Waals surface area contributed by atoms with Gasteiger partial charge < -0.3 is 10.2 Å². The number of thiol groups is 1. The molecular weight excluding hydrogens is 252 g/mol. The Morgan fingerprint density at radius 2 is 1.24 bits per heavy atom. The molecule has 0 bridgehead atoms. The van der Waals surface area contributed by atoms with Crippen molar-refractivity contribution in [3.05, 3.63) is 48.5 Å². The van der Waals surface area contributed by atoms with Crippen LogP contribution in [0.5, 0.6) is 11.5 Å². The highest BCUT2D eigenvalue weighted by molar-refractivity contribution is 7.98. The highest BCUT2D eigenvalue weighted by Gasteiger charge is 1.87. The Labute approximate surface area is 111 Å². The lowest BCUT2D eigenvalue weighted by atomic mass is 10.3. The zero-order valence-corrected chi connectivity index (χ0v) is 11.1. The van der Waals surface area contributed by atoms with Crippen molar-refractivity contribution < 1.29 is 10.2 Å². The van der Waals surface area contributed by atoms with Crippen molar-refractivity contribution >= 4 is 24.4 Å². The van der Waals surface area contributed by atoms with E-state index in [0.29, 0.717) is 5.75 Å². The number of rotatable bonds is 1. The zero-order chi connectivity index (χ0) is 12.7. The van der Waals surface area contributed by atoms with Gasteiger partial charge in [0.25, 0.3) is 0 Å². The molecule has 2 aromatic carbocycles. The van der Waals surface area contributed by atoms with Gasteiger partial charge in [0, 0.05) is 9.79 Å². The van der Waals surface area contributed by atoms with Crippen LogP contribution in [0.25, 0.3) is 0 Å². The normalized spacial score (nSPS) is 9.29. The van der Waals surface area contributed by atoms with Gasteiger partial charge in [-0.2, -0.15) is 0 Å². The molecule has 0 radical (unpaired) electrons. The van der Waals surface area contributed by atoms with Crippen LogP contribution < -0.4 is 0 Å². The molecule has 0 unspecified atom stereocenters. The second-order valence-corrected chi connectivity index (χ2v) is 4.61. The number of thioether (sulfide) groups is 1. The first-order chi connectivity index (χ1) is 8.11. The van der Waals surface area contributed by atoms with Gasteiger partial charge in [0.2, 0.25) is 0 Å². The molecule has 2 N–H and O–H groups in total. The summed E-state index contributed by atoms with van der Waals surface area (Å²) in [7, 11) is 0. The summed E-state index contributed by atoms with van der Waals surface area (Å²) >= 11 is 5.69. The van der Waals surface area contributed by atoms with Crippen LogP contribution in [0, 0.1) is 0 Å². The Morgan fingerprint density at radius 3 is 1.59 bits per heavy atom. The minimum absolute atomic E-state index is 0.280. The molecule has 0 aliphatic carbocycles. The smallest absolute Gasteiger partial charge is 0.115 e. The predicted octanol–water partition coefficient (Wildman–Crippen LogP) is 3.80. The maximum absolute atomic E-state index is 8.84. The van der Waals surface area contributed by atoms with Gasteiger partial charge in [-0.05, 0) is 54.8 Å². The van der Waals surface area contributed by atoms with Crippen molar-refractivity contribution in [1.82, 2.24) is 0 Å². The van der Waals surface area contributed by atoms with Gasteiger partial charge in [0.05, 0.1) is 0 Å². The second kappa shape index (κ2) is 7.14. The lowest BCUT2D eigenvalue weighted by molar-refractivity contribution is 0.474. The van der Waals surface area contributed by atoms with E-state index in [1.165, 1.54) is 4.90 Å². The van der Waals surface area contributed by atoms with E-state index in [1.54, 1.807) is 48.2 Å². The fraction of sp³-hybridized carbons (Fsp3) is 0.0769. The molecule has 0 atom stereocenters. The van der Waals surface area contributed by atoms with Crippen LogP contribution >= 0.6 is 24.4 Å². The highest BCUT2D eigenvalue weighted by Crippen LogP contribution is 2.17. The van der Waals surface area contributed by atoms with Crippen molar-refractivity contribution in [2.75, 3.05) is 6.26 Å². The van der Waals surface area contributed by atoms with Crippen LogP contribution in [0.2, 0.25) is 0 Å². The molecule has 4 heteroatoms. The molecule has 2 nitrogen and oxygen atoms in total. The van der Waals surface area contributed by atoms with Gasteiger partial charge in [-0.3, -0.25) is 0 Å². The molecule has 90 valence electrons. The van der Waals surface area contributed by atoms with Gasteiger partial charge in [-0.1, -0.05) is 0 Å². The summed E-state index contributed by atoms with van der Waals surface area (Å²) in [5, 5.41) is 17.6. The molecule has 0 aromatic heterocycles. The van der Waals surface area contributed by atoms with Crippen LogP contribution in [-0.4, -0.2) is 16.5 Å². The highest BCUT2D eigenvalue weighted by atomic mass is 32.2. The molecule has 0 aliphatic rings. The lowest BCUT2D eigenvalue weighted by Gasteiger charge is -1.93. The minimum Gasteiger partial charge on any atom is -0.508 e. The molecule has 0 heterocycles. The molecule has 0 saturated heterocycles. The van der Waals surface area contributed by atoms with Crippen LogP contribution in [0.4, 0.5) is 0 Å². The summed E-state index contributed by atoms with van der Waals surface area (Å²) in [6.45, 7) is 0. The van der Waals surface area contributed by atoms with Crippen molar-refractivity contribution in [1.29, 1.82) is 0 Å². The lowest BCUT2D eigenvalue weighted by Crippen LogP contribution is -1.66. The fourth-order valence-corrected chi connectivity index (χ4v) is 1.59. The average molecular weight is 266 g/mol. The average Bonchev–Trinajstić information content (AvgIpc) is 2.35. The second-order valence-electron chi connectivity index (χ2n) is 3.21. The minimum atomic E-state index is 0.280. The van der Waals surface area contributed by atoms with E-state index >= 15 is 0 Å². The van der Waals surface area contributed by atoms with E-state index in [4.69, 9.17) is 10.2 Å². The third-order valence-corrected chi connectivity index (χ3v) is 2.96. The largest absolute Gasteiger partial charge is 0.508 e. The standard InChI is InChI=1S/C7H8OS.C6H6OS/c1-9-7-4-2-6(8)3-5-7;7-5-1-3-6(8)4-2-5/h2-5,8H,1H3;1-4,7-8H. The summed E-state index contributed by atoms with van der Waals surface area (Å²) < 4.78 is 0. The van der Waals surface area contributed by atoms with Gasteiger partial charge in [-0.25, -0.2) is 0 Å². The third-order valence-electron chi connectivity index (χ3n) is 1.92.